The number of benzene rings is 4. The van der Waals surface area contributed by atoms with Gasteiger partial charge in [0.15, 0.2) is 16.3 Å². The Kier molecular flexibility index (Phi) is 9.53. The van der Waals surface area contributed by atoms with Crippen LogP contribution in [0.5, 0.6) is 11.5 Å². The second-order valence-electron chi connectivity index (χ2n) is 10.3. The number of halogens is 2. The van der Waals surface area contributed by atoms with Crippen molar-refractivity contribution in [1.82, 2.24) is 4.57 Å². The molecule has 0 bridgehead atoms. The average molecular weight is 716 g/mol. The summed E-state index contributed by atoms with van der Waals surface area (Å²) in [6.07, 6.45) is 1.79. The van der Waals surface area contributed by atoms with Crippen molar-refractivity contribution in [2.24, 2.45) is 4.99 Å². The zero-order valence-electron chi connectivity index (χ0n) is 24.9. The van der Waals surface area contributed by atoms with E-state index in [0.717, 1.165) is 22.3 Å². The molecule has 232 valence electrons. The molecule has 1 aliphatic rings. The zero-order valence-corrected chi connectivity index (χ0v) is 28.1. The van der Waals surface area contributed by atoms with Gasteiger partial charge in [0.05, 0.1) is 40.0 Å². The number of hydrogen-bond donors (Lipinski definition) is 0. The van der Waals surface area contributed by atoms with Crippen molar-refractivity contribution in [3.05, 3.63) is 154 Å². The SMILES string of the molecule is CCOC(=O)C1=C(c2ccccc2)N=c2s/c(=C\c3cc(Br)c(OCc4ccc(Cl)cc4)c(OC)c3)c(=O)n2[C@@H]1c1ccccc1. The van der Waals surface area contributed by atoms with E-state index in [0.29, 0.717) is 48.2 Å². The lowest BCUT2D eigenvalue weighted by atomic mass is 9.93. The van der Waals surface area contributed by atoms with Gasteiger partial charge in [-0.15, -0.1) is 0 Å². The number of rotatable bonds is 9. The van der Waals surface area contributed by atoms with E-state index < -0.39 is 12.0 Å². The maximum absolute atomic E-state index is 14.2. The fourth-order valence-electron chi connectivity index (χ4n) is 5.24. The van der Waals surface area contributed by atoms with Crippen LogP contribution < -0.4 is 24.4 Å². The lowest BCUT2D eigenvalue weighted by Crippen LogP contribution is -2.39. The first-order chi connectivity index (χ1) is 22.4. The van der Waals surface area contributed by atoms with E-state index >= 15 is 0 Å². The van der Waals surface area contributed by atoms with E-state index in [1.54, 1.807) is 24.7 Å². The quantitative estimate of drug-likeness (QED) is 0.155. The molecule has 0 radical (unpaired) electrons. The number of carbonyl (C=O) groups is 1. The first kappa shape index (κ1) is 31.5. The third-order valence-electron chi connectivity index (χ3n) is 7.33. The fourth-order valence-corrected chi connectivity index (χ4v) is 6.94. The highest BCUT2D eigenvalue weighted by Crippen LogP contribution is 2.38. The van der Waals surface area contributed by atoms with E-state index in [-0.39, 0.29) is 12.2 Å². The van der Waals surface area contributed by atoms with Gasteiger partial charge in [-0.1, -0.05) is 95.7 Å². The molecule has 6 rings (SSSR count). The molecule has 0 unspecified atom stereocenters. The van der Waals surface area contributed by atoms with Crippen LogP contribution in [0.15, 0.2) is 117 Å². The van der Waals surface area contributed by atoms with Crippen molar-refractivity contribution >= 4 is 56.6 Å². The van der Waals surface area contributed by atoms with E-state index in [1.807, 2.05) is 97.1 Å². The molecule has 46 heavy (non-hydrogen) atoms. The van der Waals surface area contributed by atoms with Gasteiger partial charge in [-0.3, -0.25) is 9.36 Å². The van der Waals surface area contributed by atoms with Gasteiger partial charge in [-0.2, -0.15) is 0 Å². The number of aromatic nitrogens is 1. The molecule has 1 atom stereocenters. The number of fused-ring (bicyclic) bond motifs is 1. The van der Waals surface area contributed by atoms with Gasteiger partial charge in [0, 0.05) is 10.6 Å². The second kappa shape index (κ2) is 13.9. The number of carbonyl (C=O) groups excluding carboxylic acids is 1. The first-order valence-electron chi connectivity index (χ1n) is 14.5. The molecule has 0 fully saturated rings. The summed E-state index contributed by atoms with van der Waals surface area (Å²) < 4.78 is 20.0. The maximum Gasteiger partial charge on any atom is 0.338 e. The van der Waals surface area contributed by atoms with Crippen molar-refractivity contribution in [3.63, 3.8) is 0 Å². The highest BCUT2D eigenvalue weighted by atomic mass is 79.9. The molecule has 1 aromatic heterocycles. The fraction of sp³-hybridized carbons (Fsp3) is 0.139. The summed E-state index contributed by atoms with van der Waals surface area (Å²) in [5.41, 5.74) is 3.72. The number of methoxy groups -OCH3 is 1. The van der Waals surface area contributed by atoms with Crippen LogP contribution in [0.2, 0.25) is 5.02 Å². The smallest absolute Gasteiger partial charge is 0.338 e. The number of hydrogen-bond acceptors (Lipinski definition) is 7. The largest absolute Gasteiger partial charge is 0.493 e. The van der Waals surface area contributed by atoms with E-state index in [4.69, 9.17) is 30.8 Å². The molecule has 4 aromatic carbocycles. The maximum atomic E-state index is 14.2. The van der Waals surface area contributed by atoms with Crippen LogP contribution in [-0.2, 0) is 16.1 Å². The second-order valence-corrected chi connectivity index (χ2v) is 12.6. The van der Waals surface area contributed by atoms with E-state index in [9.17, 15) is 9.59 Å². The van der Waals surface area contributed by atoms with Gasteiger partial charge in [0.1, 0.15) is 6.61 Å². The number of thiazole rings is 1. The third kappa shape index (κ3) is 6.44. The third-order valence-corrected chi connectivity index (χ3v) is 9.16. The zero-order chi connectivity index (χ0) is 32.2. The molecular formula is C36H28BrClN2O5S. The highest BCUT2D eigenvalue weighted by molar-refractivity contribution is 9.10. The summed E-state index contributed by atoms with van der Waals surface area (Å²) in [5.74, 6) is 0.517. The highest BCUT2D eigenvalue weighted by Gasteiger charge is 2.35. The predicted molar refractivity (Wildman–Crippen MR) is 184 cm³/mol. The van der Waals surface area contributed by atoms with Crippen molar-refractivity contribution in [3.8, 4) is 11.5 Å². The van der Waals surface area contributed by atoms with Crippen molar-refractivity contribution < 1.29 is 19.0 Å². The summed E-state index contributed by atoms with van der Waals surface area (Å²) >= 11 is 10.9. The summed E-state index contributed by atoms with van der Waals surface area (Å²) in [7, 11) is 1.57. The molecular weight excluding hydrogens is 688 g/mol. The van der Waals surface area contributed by atoms with Crippen LogP contribution in [0.25, 0.3) is 11.8 Å². The number of nitrogens with zero attached hydrogens (tertiary/aromatic N) is 2. The lowest BCUT2D eigenvalue weighted by molar-refractivity contribution is -0.138. The van der Waals surface area contributed by atoms with Gasteiger partial charge in [0.25, 0.3) is 5.56 Å². The van der Waals surface area contributed by atoms with Gasteiger partial charge in [-0.05, 0) is 69.9 Å². The van der Waals surface area contributed by atoms with Gasteiger partial charge >= 0.3 is 5.97 Å². The van der Waals surface area contributed by atoms with Crippen LogP contribution in [0.3, 0.4) is 0 Å². The minimum absolute atomic E-state index is 0.187. The molecule has 0 aliphatic carbocycles. The summed E-state index contributed by atoms with van der Waals surface area (Å²) in [6, 6.07) is 29.3. The number of ether oxygens (including phenoxy) is 3. The molecule has 0 saturated heterocycles. The molecule has 0 spiro atoms. The minimum Gasteiger partial charge on any atom is -0.493 e. The monoisotopic (exact) mass is 714 g/mol. The molecule has 0 saturated carbocycles. The number of esters is 1. The lowest BCUT2D eigenvalue weighted by Gasteiger charge is -2.25. The molecule has 7 nitrogen and oxygen atoms in total. The molecule has 1 aliphatic heterocycles. The van der Waals surface area contributed by atoms with E-state index in [2.05, 4.69) is 15.9 Å². The Bertz CT molecular complexity index is 2110. The molecule has 0 N–H and O–H groups in total. The first-order valence-corrected chi connectivity index (χ1v) is 16.4. The Morgan fingerprint density at radius 2 is 1.72 bits per heavy atom. The van der Waals surface area contributed by atoms with Gasteiger partial charge < -0.3 is 14.2 Å². The van der Waals surface area contributed by atoms with Crippen molar-refractivity contribution in [1.29, 1.82) is 0 Å². The Morgan fingerprint density at radius 1 is 1.02 bits per heavy atom. The normalized spacial score (nSPS) is 14.4. The molecule has 0 amide bonds. The summed E-state index contributed by atoms with van der Waals surface area (Å²) in [6.45, 7) is 2.26. The molecule has 5 aromatic rings. The predicted octanol–water partition coefficient (Wildman–Crippen LogP) is 6.94. The molecule has 10 heteroatoms. The van der Waals surface area contributed by atoms with Gasteiger partial charge in [-0.25, -0.2) is 9.79 Å². The van der Waals surface area contributed by atoms with Gasteiger partial charge in [0.2, 0.25) is 0 Å². The van der Waals surface area contributed by atoms with E-state index in [1.165, 1.54) is 11.3 Å². The van der Waals surface area contributed by atoms with Crippen molar-refractivity contribution in [2.45, 2.75) is 19.6 Å². The van der Waals surface area contributed by atoms with Crippen molar-refractivity contribution in [2.75, 3.05) is 13.7 Å². The van der Waals surface area contributed by atoms with Crippen LogP contribution in [0.1, 0.15) is 35.2 Å². The Balaban J connectivity index is 1.48. The summed E-state index contributed by atoms with van der Waals surface area (Å²) in [4.78, 5) is 33.2. The Hall–Kier alpha value is -4.44. The molecule has 2 heterocycles. The summed E-state index contributed by atoms with van der Waals surface area (Å²) in [5, 5.41) is 0.653. The standard InChI is InChI=1S/C36H28BrClN2O5S/c1-3-44-35(42)30-31(24-10-6-4-7-11-24)39-36-40(32(30)25-12-8-5-9-13-25)34(41)29(46-36)20-23-18-27(37)33(28(19-23)43-2)45-21-22-14-16-26(38)17-15-22/h4-20,32H,3,21H2,1-2H3/b29-20-/t32-/m1/s1. The Labute approximate surface area is 282 Å². The van der Waals surface area contributed by atoms with Crippen LogP contribution >= 0.6 is 38.9 Å². The van der Waals surface area contributed by atoms with Crippen LogP contribution in [0, 0.1) is 0 Å². The van der Waals surface area contributed by atoms with Crippen LogP contribution in [0.4, 0.5) is 0 Å². The topological polar surface area (TPSA) is 79.1 Å². The minimum atomic E-state index is -0.737. The Morgan fingerprint density at radius 3 is 2.39 bits per heavy atom. The average Bonchev–Trinajstić information content (AvgIpc) is 3.38. The van der Waals surface area contributed by atoms with Crippen LogP contribution in [-0.4, -0.2) is 24.3 Å².